The van der Waals surface area contributed by atoms with E-state index in [1.807, 2.05) is 12.1 Å². The van der Waals surface area contributed by atoms with Crippen LogP contribution in [0.1, 0.15) is 49.7 Å². The van der Waals surface area contributed by atoms with Gasteiger partial charge in [0.1, 0.15) is 0 Å². The van der Waals surface area contributed by atoms with Gasteiger partial charge in [0.25, 0.3) is 20.2 Å². The Labute approximate surface area is 257 Å². The van der Waals surface area contributed by atoms with Crippen LogP contribution in [0.3, 0.4) is 0 Å². The van der Waals surface area contributed by atoms with E-state index in [9.17, 15) is 16.8 Å². The number of halogens is 2. The third-order valence-corrected chi connectivity index (χ3v) is 8.39. The van der Waals surface area contributed by atoms with Gasteiger partial charge in [0.2, 0.25) is 0 Å². The fourth-order valence-electron chi connectivity index (χ4n) is 4.53. The predicted octanol–water partition coefficient (Wildman–Crippen LogP) is 4.83. The average Bonchev–Trinajstić information content (AvgIpc) is 2.90. The van der Waals surface area contributed by atoms with Crippen LogP contribution >= 0.6 is 31.9 Å². The summed E-state index contributed by atoms with van der Waals surface area (Å²) in [7, 11) is -8.04. The Morgan fingerprint density at radius 3 is 1.36 bits per heavy atom. The maximum atomic E-state index is 11.2. The molecule has 0 aliphatic heterocycles. The van der Waals surface area contributed by atoms with Gasteiger partial charge in [0, 0.05) is 73.5 Å². The Morgan fingerprint density at radius 1 is 0.667 bits per heavy atom. The molecule has 12 heteroatoms. The maximum absolute atomic E-state index is 11.2. The van der Waals surface area contributed by atoms with Crippen molar-refractivity contribution in [3.63, 3.8) is 0 Å². The molecule has 1 aliphatic carbocycles. The zero-order chi connectivity index (χ0) is 22.9. The van der Waals surface area contributed by atoms with Gasteiger partial charge in [-0.25, -0.2) is 0 Å². The first-order valence-corrected chi connectivity index (χ1v) is 14.7. The summed E-state index contributed by atoms with van der Waals surface area (Å²) in [5.41, 5.74) is 4.03. The molecule has 2 radical (unpaired) electrons. The molecule has 0 heterocycles. The number of benzene rings is 2. The van der Waals surface area contributed by atoms with Crippen molar-refractivity contribution in [3.05, 3.63) is 56.5 Å². The van der Waals surface area contributed by atoms with Gasteiger partial charge in [-0.3, -0.25) is 9.11 Å². The molecule has 2 N–H and O–H groups in total. The van der Waals surface area contributed by atoms with E-state index in [1.165, 1.54) is 0 Å². The second-order valence-corrected chi connectivity index (χ2v) is 12.9. The van der Waals surface area contributed by atoms with Crippen molar-refractivity contribution in [3.8, 4) is 11.1 Å². The maximum Gasteiger partial charge on any atom is 0.264 e. The first-order chi connectivity index (χ1) is 14.4. The van der Waals surface area contributed by atoms with Gasteiger partial charge in [-0.2, -0.15) is 16.8 Å². The van der Waals surface area contributed by atoms with E-state index >= 15 is 0 Å². The number of hydrogen-bond donors (Lipinski definition) is 2. The Balaban J connectivity index is 0.00000272. The Bertz CT molecular complexity index is 1090. The molecule has 0 atom stereocenters. The second kappa shape index (κ2) is 13.1. The zero-order valence-electron chi connectivity index (χ0n) is 18.7. The van der Waals surface area contributed by atoms with E-state index < -0.39 is 25.7 Å². The summed E-state index contributed by atoms with van der Waals surface area (Å²) in [4.78, 5) is 0. The molecular weight excluding hydrogens is 618 g/mol. The fraction of sp³-hybridized carbons (Fsp3) is 0.429. The van der Waals surface area contributed by atoms with Gasteiger partial charge in [0.15, 0.2) is 0 Å². The minimum Gasteiger partial charge on any atom is -0.286 e. The van der Waals surface area contributed by atoms with Gasteiger partial charge in [-0.15, -0.1) is 0 Å². The third kappa shape index (κ3) is 8.64. The van der Waals surface area contributed by atoms with E-state index in [1.54, 1.807) is 0 Å². The van der Waals surface area contributed by atoms with E-state index in [0.717, 1.165) is 31.2 Å². The molecule has 1 aliphatic rings. The molecule has 0 bridgehead atoms. The molecule has 0 saturated heterocycles. The number of rotatable bonds is 10. The van der Waals surface area contributed by atoms with Crippen molar-refractivity contribution in [2.24, 2.45) is 0 Å². The van der Waals surface area contributed by atoms with Gasteiger partial charge < -0.3 is 0 Å². The van der Waals surface area contributed by atoms with Crippen LogP contribution in [0.4, 0.5) is 0 Å². The molecule has 2 aromatic carbocycles. The predicted molar refractivity (Wildman–Crippen MR) is 140 cm³/mol. The quantitative estimate of drug-likeness (QED) is 0.219. The Kier molecular flexibility index (Phi) is 12.8. The zero-order valence-corrected chi connectivity index (χ0v) is 27.5. The van der Waals surface area contributed by atoms with Gasteiger partial charge in [0.05, 0.1) is 11.5 Å². The molecule has 3 rings (SSSR count). The van der Waals surface area contributed by atoms with Gasteiger partial charge in [-0.1, -0.05) is 56.8 Å². The summed E-state index contributed by atoms with van der Waals surface area (Å²) in [6.07, 6.45) is 3.13. The largest absolute Gasteiger partial charge is 0.286 e. The van der Waals surface area contributed by atoms with Crippen molar-refractivity contribution in [1.29, 1.82) is 0 Å². The summed E-state index contributed by atoms with van der Waals surface area (Å²) >= 11 is 7.12. The molecule has 0 fully saturated rings. The summed E-state index contributed by atoms with van der Waals surface area (Å²) in [6.45, 7) is 0. The summed E-state index contributed by atoms with van der Waals surface area (Å²) in [5.74, 6) is -0.578. The number of hydrogen-bond acceptors (Lipinski definition) is 4. The first-order valence-electron chi connectivity index (χ1n) is 9.92. The van der Waals surface area contributed by atoms with E-state index in [0.29, 0.717) is 38.5 Å². The molecule has 0 spiro atoms. The Morgan fingerprint density at radius 2 is 1.03 bits per heavy atom. The molecule has 0 unspecified atom stereocenters. The van der Waals surface area contributed by atoms with Crippen molar-refractivity contribution in [2.75, 3.05) is 11.5 Å². The SMILES string of the molecule is O=S(=O)(O)CCCCC1(CCCCS(=O)(=O)O)c2cc(Br)ccc2-c2ccc(Br)cc21.[Na].[Na]. The second-order valence-electron chi connectivity index (χ2n) is 7.95. The van der Waals surface area contributed by atoms with E-state index in [4.69, 9.17) is 9.11 Å². The molecule has 6 nitrogen and oxygen atoms in total. The molecule has 0 saturated carbocycles. The monoisotopic (exact) mass is 640 g/mol. The average molecular weight is 642 g/mol. The Hall–Kier alpha value is 1.22. The molecular formula is C21H24Br2Na2O6S2. The fourth-order valence-corrected chi connectivity index (χ4v) is 6.39. The summed E-state index contributed by atoms with van der Waals surface area (Å²) in [6, 6.07) is 12.2. The van der Waals surface area contributed by atoms with Crippen molar-refractivity contribution in [1.82, 2.24) is 0 Å². The smallest absolute Gasteiger partial charge is 0.264 e. The van der Waals surface area contributed by atoms with Crippen molar-refractivity contribution in [2.45, 2.75) is 43.9 Å². The van der Waals surface area contributed by atoms with Crippen LogP contribution in [0.15, 0.2) is 45.3 Å². The standard InChI is InChI=1S/C21H24Br2O6S2.2Na/c22-15-5-7-17-18-8-6-16(23)14-20(18)21(19(17)13-15,9-1-3-11-30(24,25)26)10-2-4-12-31(27,28)29;;/h5-8,13-14H,1-4,9-12H2,(H,24,25,26)(H,27,28,29);;. The van der Waals surface area contributed by atoms with E-state index in [-0.39, 0.29) is 70.6 Å². The van der Waals surface area contributed by atoms with Crippen LogP contribution < -0.4 is 0 Å². The van der Waals surface area contributed by atoms with E-state index in [2.05, 4.69) is 56.1 Å². The van der Waals surface area contributed by atoms with Crippen LogP contribution in [-0.2, 0) is 25.7 Å². The van der Waals surface area contributed by atoms with Crippen molar-refractivity contribution >= 4 is 111 Å². The van der Waals surface area contributed by atoms with Crippen LogP contribution in [-0.4, -0.2) is 96.6 Å². The molecule has 172 valence electrons. The summed E-state index contributed by atoms with van der Waals surface area (Å²) < 4.78 is 64.7. The molecule has 0 aromatic heterocycles. The van der Waals surface area contributed by atoms with Crippen molar-refractivity contribution < 1.29 is 25.9 Å². The number of fused-ring (bicyclic) bond motifs is 3. The van der Waals surface area contributed by atoms with Gasteiger partial charge in [-0.05, 0) is 72.2 Å². The van der Waals surface area contributed by atoms with Crippen LogP contribution in [0, 0.1) is 0 Å². The minimum atomic E-state index is -4.02. The number of unbranched alkanes of at least 4 members (excludes halogenated alkanes) is 2. The minimum absolute atomic E-state index is 0. The molecule has 0 amide bonds. The van der Waals surface area contributed by atoms with Gasteiger partial charge >= 0.3 is 0 Å². The molecule has 33 heavy (non-hydrogen) atoms. The van der Waals surface area contributed by atoms with Crippen LogP contribution in [0.25, 0.3) is 11.1 Å². The van der Waals surface area contributed by atoms with Crippen LogP contribution in [0.2, 0.25) is 0 Å². The third-order valence-electron chi connectivity index (χ3n) is 5.80. The normalized spacial score (nSPS) is 14.1. The summed E-state index contributed by atoms with van der Waals surface area (Å²) in [5, 5.41) is 0. The molecule has 2 aromatic rings. The van der Waals surface area contributed by atoms with Crippen LogP contribution in [0.5, 0.6) is 0 Å². The topological polar surface area (TPSA) is 109 Å². The first kappa shape index (κ1) is 32.2.